The first kappa shape index (κ1) is 16.8. The van der Waals surface area contributed by atoms with Gasteiger partial charge in [-0.05, 0) is 22.4 Å². The van der Waals surface area contributed by atoms with E-state index in [1.54, 1.807) is 20.4 Å². The van der Waals surface area contributed by atoms with Crippen LogP contribution in [0.15, 0.2) is 16.7 Å². The molecule has 0 fully saturated rings. The Balaban J connectivity index is 2.95. The summed E-state index contributed by atoms with van der Waals surface area (Å²) in [6, 6.07) is 1.46. The van der Waals surface area contributed by atoms with Crippen molar-refractivity contribution in [3.05, 3.63) is 26.9 Å². The number of nitrogens with zero attached hydrogens (tertiary/aromatic N) is 3. The highest BCUT2D eigenvalue weighted by Crippen LogP contribution is 2.28. The van der Waals surface area contributed by atoms with Crippen LogP contribution in [0.5, 0.6) is 0 Å². The summed E-state index contributed by atoms with van der Waals surface area (Å²) in [4.78, 5) is 16.7. The highest BCUT2D eigenvalue weighted by molar-refractivity contribution is 9.10. The van der Waals surface area contributed by atoms with Gasteiger partial charge in [-0.15, -0.1) is 0 Å². The van der Waals surface area contributed by atoms with E-state index in [4.69, 9.17) is 9.47 Å². The first-order valence-electron chi connectivity index (χ1n) is 6.13. The second-order valence-corrected chi connectivity index (χ2v) is 5.00. The molecule has 0 aliphatic heterocycles. The van der Waals surface area contributed by atoms with E-state index in [1.165, 1.54) is 6.07 Å². The molecule has 0 N–H and O–H groups in total. The van der Waals surface area contributed by atoms with Gasteiger partial charge in [-0.1, -0.05) is 0 Å². The fraction of sp³-hybridized carbons (Fsp3) is 0.583. The number of aromatic nitrogens is 1. The van der Waals surface area contributed by atoms with Crippen LogP contribution in [-0.4, -0.2) is 50.4 Å². The van der Waals surface area contributed by atoms with E-state index < -0.39 is 4.92 Å². The van der Waals surface area contributed by atoms with E-state index in [0.717, 1.165) is 6.42 Å². The summed E-state index contributed by atoms with van der Waals surface area (Å²) < 4.78 is 10.6. The molecule has 0 aromatic carbocycles. The van der Waals surface area contributed by atoms with Gasteiger partial charge in [0.2, 0.25) is 5.82 Å². The minimum absolute atomic E-state index is 0.0205. The van der Waals surface area contributed by atoms with Crippen molar-refractivity contribution in [3.8, 4) is 0 Å². The van der Waals surface area contributed by atoms with E-state index in [9.17, 15) is 10.1 Å². The molecule has 0 aliphatic rings. The molecule has 0 aliphatic carbocycles. The Kier molecular flexibility index (Phi) is 7.42. The smallest absolute Gasteiger partial charge is 0.312 e. The zero-order valence-electron chi connectivity index (χ0n) is 11.5. The van der Waals surface area contributed by atoms with Crippen LogP contribution < -0.4 is 4.90 Å². The summed E-state index contributed by atoms with van der Waals surface area (Å²) in [7, 11) is 3.22. The van der Waals surface area contributed by atoms with Crippen LogP contribution in [0.1, 0.15) is 6.42 Å². The maximum Gasteiger partial charge on any atom is 0.312 e. The Morgan fingerprint density at radius 2 is 2.05 bits per heavy atom. The molecule has 0 saturated heterocycles. The third kappa shape index (κ3) is 5.03. The van der Waals surface area contributed by atoms with E-state index in [2.05, 4.69) is 20.9 Å². The minimum Gasteiger partial charge on any atom is -0.385 e. The minimum atomic E-state index is -0.427. The van der Waals surface area contributed by atoms with Crippen LogP contribution in [0.2, 0.25) is 0 Å². The van der Waals surface area contributed by atoms with Crippen molar-refractivity contribution in [2.75, 3.05) is 45.4 Å². The van der Waals surface area contributed by atoms with Crippen LogP contribution in [-0.2, 0) is 9.47 Å². The molecule has 1 heterocycles. The molecule has 8 heteroatoms. The zero-order chi connectivity index (χ0) is 15.0. The molecule has 0 unspecified atom stereocenters. The Labute approximate surface area is 126 Å². The van der Waals surface area contributed by atoms with Gasteiger partial charge in [0.1, 0.15) is 0 Å². The molecule has 0 bridgehead atoms. The van der Waals surface area contributed by atoms with Crippen LogP contribution in [0.4, 0.5) is 11.5 Å². The van der Waals surface area contributed by atoms with Gasteiger partial charge in [0, 0.05) is 50.7 Å². The van der Waals surface area contributed by atoms with Gasteiger partial charge in [0.05, 0.1) is 11.5 Å². The summed E-state index contributed by atoms with van der Waals surface area (Å²) in [5.41, 5.74) is -0.0205. The molecule has 112 valence electrons. The average molecular weight is 348 g/mol. The molecule has 1 rings (SSSR count). The summed E-state index contributed by atoms with van der Waals surface area (Å²) in [6.45, 7) is 2.22. The van der Waals surface area contributed by atoms with Gasteiger partial charge in [0.15, 0.2) is 0 Å². The van der Waals surface area contributed by atoms with Crippen molar-refractivity contribution >= 4 is 27.4 Å². The lowest BCUT2D eigenvalue weighted by Crippen LogP contribution is -2.30. The molecule has 0 atom stereocenters. The van der Waals surface area contributed by atoms with Crippen molar-refractivity contribution in [1.82, 2.24) is 4.98 Å². The molecule has 1 aromatic heterocycles. The SMILES string of the molecule is COCCCN(CCOC)c1ncc(Br)cc1[N+](=O)[O-]. The topological polar surface area (TPSA) is 77.7 Å². The number of pyridine rings is 1. The number of ether oxygens (including phenoxy) is 2. The van der Waals surface area contributed by atoms with E-state index in [-0.39, 0.29) is 5.69 Å². The monoisotopic (exact) mass is 347 g/mol. The Hall–Kier alpha value is -1.25. The van der Waals surface area contributed by atoms with Gasteiger partial charge in [0.25, 0.3) is 0 Å². The first-order chi connectivity index (χ1) is 9.60. The van der Waals surface area contributed by atoms with Crippen molar-refractivity contribution in [2.45, 2.75) is 6.42 Å². The first-order valence-corrected chi connectivity index (χ1v) is 6.92. The number of hydrogen-bond acceptors (Lipinski definition) is 6. The number of halogens is 1. The van der Waals surface area contributed by atoms with Gasteiger partial charge in [-0.3, -0.25) is 10.1 Å². The molecular weight excluding hydrogens is 330 g/mol. The molecule has 0 spiro atoms. The Bertz CT molecular complexity index is 445. The fourth-order valence-corrected chi connectivity index (χ4v) is 2.04. The molecule has 1 aromatic rings. The van der Waals surface area contributed by atoms with Crippen LogP contribution in [0.3, 0.4) is 0 Å². The maximum atomic E-state index is 11.1. The van der Waals surface area contributed by atoms with Crippen LogP contribution >= 0.6 is 15.9 Å². The van der Waals surface area contributed by atoms with Gasteiger partial charge in [-0.25, -0.2) is 4.98 Å². The third-order valence-electron chi connectivity index (χ3n) is 2.65. The summed E-state index contributed by atoms with van der Waals surface area (Å²) in [5.74, 6) is 0.353. The number of nitro groups is 1. The second kappa shape index (κ2) is 8.83. The lowest BCUT2D eigenvalue weighted by Gasteiger charge is -2.23. The lowest BCUT2D eigenvalue weighted by atomic mass is 10.3. The maximum absolute atomic E-state index is 11.1. The number of methoxy groups -OCH3 is 2. The number of hydrogen-bond donors (Lipinski definition) is 0. The zero-order valence-corrected chi connectivity index (χ0v) is 13.1. The fourth-order valence-electron chi connectivity index (χ4n) is 1.72. The summed E-state index contributed by atoms with van der Waals surface area (Å²) in [5, 5.41) is 11.1. The Morgan fingerprint density at radius 3 is 2.65 bits per heavy atom. The van der Waals surface area contributed by atoms with E-state index in [1.807, 2.05) is 4.90 Å². The molecule has 0 radical (unpaired) electrons. The quantitative estimate of drug-likeness (QED) is 0.387. The highest BCUT2D eigenvalue weighted by Gasteiger charge is 2.21. The van der Waals surface area contributed by atoms with E-state index >= 15 is 0 Å². The predicted molar refractivity (Wildman–Crippen MR) is 79.2 cm³/mol. The van der Waals surface area contributed by atoms with Gasteiger partial charge in [-0.2, -0.15) is 0 Å². The standard InChI is InChI=1S/C12H18BrN3O4/c1-19-6-3-4-15(5-7-20-2)12-11(16(17)18)8-10(13)9-14-12/h8-9H,3-7H2,1-2H3. The summed E-state index contributed by atoms with van der Waals surface area (Å²) in [6.07, 6.45) is 2.31. The molecule has 20 heavy (non-hydrogen) atoms. The average Bonchev–Trinajstić information content (AvgIpc) is 2.43. The lowest BCUT2D eigenvalue weighted by molar-refractivity contribution is -0.384. The second-order valence-electron chi connectivity index (χ2n) is 4.08. The van der Waals surface area contributed by atoms with Crippen molar-refractivity contribution in [2.24, 2.45) is 0 Å². The van der Waals surface area contributed by atoms with E-state index in [0.29, 0.717) is 36.6 Å². The highest BCUT2D eigenvalue weighted by atomic mass is 79.9. The molecular formula is C12H18BrN3O4. The van der Waals surface area contributed by atoms with Crippen molar-refractivity contribution in [3.63, 3.8) is 0 Å². The van der Waals surface area contributed by atoms with Crippen molar-refractivity contribution < 1.29 is 14.4 Å². The molecule has 0 amide bonds. The third-order valence-corrected chi connectivity index (χ3v) is 3.09. The van der Waals surface area contributed by atoms with Crippen molar-refractivity contribution in [1.29, 1.82) is 0 Å². The number of rotatable bonds is 9. The number of anilines is 1. The van der Waals surface area contributed by atoms with Crippen LogP contribution in [0, 0.1) is 10.1 Å². The normalized spacial score (nSPS) is 10.6. The summed E-state index contributed by atoms with van der Waals surface area (Å²) >= 11 is 3.20. The predicted octanol–water partition coefficient (Wildman–Crippen LogP) is 2.24. The van der Waals surface area contributed by atoms with Gasteiger partial charge < -0.3 is 14.4 Å². The van der Waals surface area contributed by atoms with Gasteiger partial charge >= 0.3 is 5.69 Å². The molecule has 7 nitrogen and oxygen atoms in total. The van der Waals surface area contributed by atoms with Crippen LogP contribution in [0.25, 0.3) is 0 Å². The Morgan fingerprint density at radius 1 is 1.35 bits per heavy atom. The molecule has 0 saturated carbocycles. The largest absolute Gasteiger partial charge is 0.385 e.